The van der Waals surface area contributed by atoms with Gasteiger partial charge in [0, 0.05) is 54.1 Å². The predicted octanol–water partition coefficient (Wildman–Crippen LogP) is 8.20. The summed E-state index contributed by atoms with van der Waals surface area (Å²) in [7, 11) is 3.30. The van der Waals surface area contributed by atoms with Crippen molar-refractivity contribution in [3.05, 3.63) is 155 Å². The second kappa shape index (κ2) is 18.9. The molecule has 0 amide bonds. The molecule has 1 unspecified atom stereocenters. The first-order valence-corrected chi connectivity index (χ1v) is 16.3. The van der Waals surface area contributed by atoms with E-state index in [2.05, 4.69) is 30.2 Å². The van der Waals surface area contributed by atoms with Gasteiger partial charge in [-0.05, 0) is 91.7 Å². The minimum absolute atomic E-state index is 0.000265. The number of rotatable bonds is 17. The summed E-state index contributed by atoms with van der Waals surface area (Å²) >= 11 is 0. The second-order valence-corrected chi connectivity index (χ2v) is 11.2. The van der Waals surface area contributed by atoms with Crippen LogP contribution >= 0.6 is 0 Å². The highest BCUT2D eigenvalue weighted by Crippen LogP contribution is 2.38. The molecule has 3 aromatic rings. The van der Waals surface area contributed by atoms with Gasteiger partial charge < -0.3 is 33.9 Å². The van der Waals surface area contributed by atoms with Gasteiger partial charge in [-0.3, -0.25) is 10.1 Å². The smallest absolute Gasteiger partial charge is 0.269 e. The highest BCUT2D eigenvalue weighted by molar-refractivity contribution is 5.75. The first-order valence-electron chi connectivity index (χ1n) is 16.3. The number of fused-ring (bicyclic) bond motifs is 1. The van der Waals surface area contributed by atoms with Crippen molar-refractivity contribution in [1.82, 2.24) is 0 Å². The standard InChI is InChI=1S/C40H45N3O7/c1-6-8-33(10-7-9-31(3)47-4)42(36-15-20-38(48-5)21-16-36)35-13-11-30(2)41(40-24-19-37(43(45)46)29-32(40)12-14-35)34-17-22-39(23-18-34)50-28-27-49-26-25-44/h6-9,11,13-24,29,31,44H,1-2,10,12,25-28H2,3-5H3/b9-7-,13-11-,33-8+,35-14+. The minimum Gasteiger partial charge on any atom is -0.497 e. The molecule has 3 aromatic carbocycles. The van der Waals surface area contributed by atoms with Crippen LogP contribution in [0.5, 0.6) is 11.5 Å². The SMILES string of the molecule is C=C/C=C(\C/C=C\C(C)OC)N(C1=C/Cc2cc([N+](=O)[O-])ccc2N(c2ccc(OCCOCCO)cc2)C(=C)/C=C\1)c1ccc(OC)cc1. The van der Waals surface area contributed by atoms with Crippen LogP contribution in [0.25, 0.3) is 0 Å². The molecule has 0 fully saturated rings. The van der Waals surface area contributed by atoms with E-state index < -0.39 is 0 Å². The van der Waals surface area contributed by atoms with E-state index in [-0.39, 0.29) is 29.9 Å². The van der Waals surface area contributed by atoms with Crippen molar-refractivity contribution in [2.75, 3.05) is 50.4 Å². The molecule has 0 saturated carbocycles. The lowest BCUT2D eigenvalue weighted by Gasteiger charge is -2.29. The Morgan fingerprint density at radius 3 is 2.44 bits per heavy atom. The number of non-ortho nitro benzene ring substituents is 1. The molecule has 0 radical (unpaired) electrons. The summed E-state index contributed by atoms with van der Waals surface area (Å²) in [6.45, 7) is 11.3. The number of aliphatic hydroxyl groups is 1. The van der Waals surface area contributed by atoms with Crippen molar-refractivity contribution >= 4 is 22.7 Å². The van der Waals surface area contributed by atoms with E-state index in [1.807, 2.05) is 84.7 Å². The number of benzene rings is 3. The van der Waals surface area contributed by atoms with Crippen molar-refractivity contribution in [3.8, 4) is 11.5 Å². The van der Waals surface area contributed by atoms with E-state index in [0.717, 1.165) is 39.8 Å². The molecule has 10 heteroatoms. The van der Waals surface area contributed by atoms with Gasteiger partial charge in [-0.1, -0.05) is 37.5 Å². The summed E-state index contributed by atoms with van der Waals surface area (Å²) in [6.07, 6.45) is 14.7. The molecule has 50 heavy (non-hydrogen) atoms. The minimum atomic E-state index is -0.382. The zero-order chi connectivity index (χ0) is 35.9. The first-order chi connectivity index (χ1) is 24.3. The van der Waals surface area contributed by atoms with Crippen LogP contribution in [0.4, 0.5) is 22.7 Å². The predicted molar refractivity (Wildman–Crippen MR) is 199 cm³/mol. The molecule has 10 nitrogen and oxygen atoms in total. The summed E-state index contributed by atoms with van der Waals surface area (Å²) in [5, 5.41) is 20.8. The molecule has 1 heterocycles. The molecule has 0 aliphatic carbocycles. The van der Waals surface area contributed by atoms with Crippen LogP contribution in [0, 0.1) is 10.1 Å². The lowest BCUT2D eigenvalue weighted by Crippen LogP contribution is -2.21. The van der Waals surface area contributed by atoms with E-state index in [0.29, 0.717) is 37.5 Å². The maximum Gasteiger partial charge on any atom is 0.269 e. The Morgan fingerprint density at radius 2 is 1.78 bits per heavy atom. The molecule has 1 atom stereocenters. The third kappa shape index (κ3) is 10.1. The quantitative estimate of drug-likeness (QED) is 0.0497. The Bertz CT molecular complexity index is 1730. The van der Waals surface area contributed by atoms with Gasteiger partial charge in [-0.25, -0.2) is 0 Å². The van der Waals surface area contributed by atoms with Crippen molar-refractivity contribution < 1.29 is 29.0 Å². The normalized spacial score (nSPS) is 15.6. The van der Waals surface area contributed by atoms with Gasteiger partial charge in [0.2, 0.25) is 0 Å². The zero-order valence-electron chi connectivity index (χ0n) is 28.9. The lowest BCUT2D eigenvalue weighted by atomic mass is 10.0. The topological polar surface area (TPSA) is 107 Å². The number of allylic oxidation sites excluding steroid dienone is 6. The largest absolute Gasteiger partial charge is 0.497 e. The van der Waals surface area contributed by atoms with Crippen molar-refractivity contribution in [2.24, 2.45) is 0 Å². The number of nitro benzene ring substituents is 1. The Labute approximate surface area is 294 Å². The number of hydrogen-bond acceptors (Lipinski definition) is 9. The number of anilines is 3. The van der Waals surface area contributed by atoms with Crippen LogP contribution in [-0.4, -0.2) is 56.8 Å². The molecule has 0 spiro atoms. The second-order valence-electron chi connectivity index (χ2n) is 11.2. The zero-order valence-corrected chi connectivity index (χ0v) is 28.9. The summed E-state index contributed by atoms with van der Waals surface area (Å²) in [5.74, 6) is 1.39. The highest BCUT2D eigenvalue weighted by Gasteiger charge is 2.22. The van der Waals surface area contributed by atoms with Gasteiger partial charge in [-0.15, -0.1) is 0 Å². The fourth-order valence-electron chi connectivity index (χ4n) is 5.35. The Hall–Kier alpha value is -5.42. The molecule has 1 aliphatic rings. The lowest BCUT2D eigenvalue weighted by molar-refractivity contribution is -0.384. The Balaban J connectivity index is 1.79. The number of ether oxygens (including phenoxy) is 4. The number of nitro groups is 1. The van der Waals surface area contributed by atoms with Crippen molar-refractivity contribution in [1.29, 1.82) is 0 Å². The summed E-state index contributed by atoms with van der Waals surface area (Å²) < 4.78 is 21.9. The fraction of sp³-hybridized carbons (Fsp3) is 0.250. The summed E-state index contributed by atoms with van der Waals surface area (Å²) in [6, 6.07) is 20.2. The van der Waals surface area contributed by atoms with Gasteiger partial charge in [0.25, 0.3) is 5.69 Å². The third-order valence-corrected chi connectivity index (χ3v) is 7.90. The molecular formula is C40H45N3O7. The number of nitrogens with zero attached hydrogens (tertiary/aromatic N) is 3. The van der Waals surface area contributed by atoms with E-state index in [4.69, 9.17) is 24.1 Å². The number of methoxy groups -OCH3 is 2. The molecule has 4 rings (SSSR count). The van der Waals surface area contributed by atoms with Crippen LogP contribution < -0.4 is 19.3 Å². The van der Waals surface area contributed by atoms with Gasteiger partial charge >= 0.3 is 0 Å². The maximum absolute atomic E-state index is 11.9. The third-order valence-electron chi connectivity index (χ3n) is 7.90. The van der Waals surface area contributed by atoms with Crippen LogP contribution in [0.2, 0.25) is 0 Å². The Kier molecular flexibility index (Phi) is 14.2. The van der Waals surface area contributed by atoms with Crippen LogP contribution in [-0.2, 0) is 15.9 Å². The molecule has 1 N–H and O–H groups in total. The van der Waals surface area contributed by atoms with Gasteiger partial charge in [-0.2, -0.15) is 0 Å². The number of hydrogen-bond donors (Lipinski definition) is 1. The average Bonchev–Trinajstić information content (AvgIpc) is 3.19. The van der Waals surface area contributed by atoms with Crippen molar-refractivity contribution in [2.45, 2.75) is 25.9 Å². The van der Waals surface area contributed by atoms with Crippen molar-refractivity contribution in [3.63, 3.8) is 0 Å². The molecule has 0 bridgehead atoms. The molecule has 262 valence electrons. The molecule has 0 saturated heterocycles. The van der Waals surface area contributed by atoms with Crippen LogP contribution in [0.3, 0.4) is 0 Å². The number of aliphatic hydroxyl groups excluding tert-OH is 1. The first kappa shape index (κ1) is 37.4. The highest BCUT2D eigenvalue weighted by atomic mass is 16.6. The van der Waals surface area contributed by atoms with Gasteiger partial charge in [0.15, 0.2) is 0 Å². The van der Waals surface area contributed by atoms with E-state index >= 15 is 0 Å². The van der Waals surface area contributed by atoms with E-state index in [1.165, 1.54) is 6.07 Å². The van der Waals surface area contributed by atoms with Gasteiger partial charge in [0.1, 0.15) is 18.1 Å². The van der Waals surface area contributed by atoms with Crippen LogP contribution in [0.1, 0.15) is 18.9 Å². The average molecular weight is 680 g/mol. The van der Waals surface area contributed by atoms with Crippen LogP contribution in [0.15, 0.2) is 140 Å². The summed E-state index contributed by atoms with van der Waals surface area (Å²) in [4.78, 5) is 15.6. The monoisotopic (exact) mass is 679 g/mol. The maximum atomic E-state index is 11.9. The summed E-state index contributed by atoms with van der Waals surface area (Å²) in [5.41, 5.74) is 5.64. The molecule has 0 aromatic heterocycles. The van der Waals surface area contributed by atoms with E-state index in [9.17, 15) is 10.1 Å². The van der Waals surface area contributed by atoms with Gasteiger partial charge in [0.05, 0.1) is 43.6 Å². The molecular weight excluding hydrogens is 634 g/mol. The Morgan fingerprint density at radius 1 is 1.04 bits per heavy atom. The molecule has 1 aliphatic heterocycles. The fourth-order valence-corrected chi connectivity index (χ4v) is 5.35. The van der Waals surface area contributed by atoms with E-state index in [1.54, 1.807) is 32.4 Å².